The maximum atomic E-state index is 5.06. The van der Waals surface area contributed by atoms with Crippen molar-refractivity contribution in [2.45, 2.75) is 13.5 Å². The van der Waals surface area contributed by atoms with Gasteiger partial charge in [0.15, 0.2) is 5.82 Å². The zero-order valence-electron chi connectivity index (χ0n) is 11.5. The van der Waals surface area contributed by atoms with Crippen LogP contribution in [0, 0.1) is 18.8 Å². The molecule has 21 heavy (non-hydrogen) atoms. The molecule has 0 saturated carbocycles. The minimum Gasteiger partial charge on any atom is -0.376 e. The van der Waals surface area contributed by atoms with Crippen molar-refractivity contribution in [1.82, 2.24) is 10.1 Å². The van der Waals surface area contributed by atoms with Crippen LogP contribution in [0.1, 0.15) is 22.2 Å². The Hall–Kier alpha value is -2.58. The van der Waals surface area contributed by atoms with Crippen molar-refractivity contribution in [3.8, 4) is 11.8 Å². The lowest BCUT2D eigenvalue weighted by Crippen LogP contribution is -1.99. The zero-order chi connectivity index (χ0) is 14.5. The average Bonchev–Trinajstić information content (AvgIpc) is 3.15. The van der Waals surface area contributed by atoms with Crippen molar-refractivity contribution in [3.05, 3.63) is 63.9 Å². The summed E-state index contributed by atoms with van der Waals surface area (Å²) in [7, 11) is 0. The van der Waals surface area contributed by atoms with Gasteiger partial charge in [0.05, 0.1) is 11.4 Å². The fourth-order valence-corrected chi connectivity index (χ4v) is 2.35. The molecule has 104 valence electrons. The molecule has 5 heteroatoms. The second kappa shape index (κ2) is 6.25. The Bertz CT molecular complexity index is 781. The van der Waals surface area contributed by atoms with Gasteiger partial charge >= 0.3 is 0 Å². The fraction of sp³-hybridized carbons (Fsp3) is 0.125. The van der Waals surface area contributed by atoms with Crippen LogP contribution >= 0.6 is 11.3 Å². The molecule has 0 spiro atoms. The van der Waals surface area contributed by atoms with E-state index in [4.69, 9.17) is 4.52 Å². The molecule has 1 aromatic carbocycles. The molecule has 0 aliphatic carbocycles. The summed E-state index contributed by atoms with van der Waals surface area (Å²) in [6.45, 7) is 2.30. The van der Waals surface area contributed by atoms with E-state index < -0.39 is 0 Å². The first-order chi connectivity index (χ1) is 10.3. The Balaban J connectivity index is 1.68. The smallest absolute Gasteiger partial charge is 0.245 e. The molecule has 0 saturated heterocycles. The number of aryl methyl sites for hydroxylation is 1. The Morgan fingerprint density at radius 1 is 1.24 bits per heavy atom. The van der Waals surface area contributed by atoms with E-state index in [1.807, 2.05) is 41.8 Å². The minimum absolute atomic E-state index is 0.503. The maximum absolute atomic E-state index is 5.06. The van der Waals surface area contributed by atoms with Crippen LogP contribution in [-0.4, -0.2) is 10.1 Å². The SMILES string of the molecule is Cc1noc(CNc2cccc(C#Cc3cccs3)c2)n1. The van der Waals surface area contributed by atoms with E-state index in [0.717, 1.165) is 16.1 Å². The van der Waals surface area contributed by atoms with Crippen molar-refractivity contribution in [3.63, 3.8) is 0 Å². The Labute approximate surface area is 126 Å². The van der Waals surface area contributed by atoms with E-state index in [-0.39, 0.29) is 0 Å². The number of nitrogens with zero attached hydrogens (tertiary/aromatic N) is 2. The second-order valence-electron chi connectivity index (χ2n) is 4.40. The number of anilines is 1. The normalized spacial score (nSPS) is 9.95. The summed E-state index contributed by atoms with van der Waals surface area (Å²) < 4.78 is 5.06. The third kappa shape index (κ3) is 3.71. The van der Waals surface area contributed by atoms with Crippen molar-refractivity contribution in [1.29, 1.82) is 0 Å². The highest BCUT2D eigenvalue weighted by Gasteiger charge is 2.02. The van der Waals surface area contributed by atoms with Crippen LogP contribution in [0.2, 0.25) is 0 Å². The number of hydrogen-bond acceptors (Lipinski definition) is 5. The standard InChI is InChI=1S/C16H13N3OS/c1-12-18-16(20-19-12)11-17-14-5-2-4-13(10-14)7-8-15-6-3-9-21-15/h2-6,9-10,17H,11H2,1H3. The molecule has 3 rings (SSSR count). The number of rotatable bonds is 3. The van der Waals surface area contributed by atoms with E-state index in [9.17, 15) is 0 Å². The van der Waals surface area contributed by atoms with Crippen LogP contribution in [0.4, 0.5) is 5.69 Å². The summed E-state index contributed by atoms with van der Waals surface area (Å²) in [6.07, 6.45) is 0. The molecule has 2 aromatic heterocycles. The van der Waals surface area contributed by atoms with Crippen molar-refractivity contribution < 1.29 is 4.52 Å². The van der Waals surface area contributed by atoms with Gasteiger partial charge in [-0.3, -0.25) is 0 Å². The quantitative estimate of drug-likeness (QED) is 0.752. The second-order valence-corrected chi connectivity index (χ2v) is 5.34. The monoisotopic (exact) mass is 295 g/mol. The van der Waals surface area contributed by atoms with Gasteiger partial charge in [0.2, 0.25) is 5.89 Å². The first-order valence-electron chi connectivity index (χ1n) is 6.48. The molecule has 0 fully saturated rings. The maximum Gasteiger partial charge on any atom is 0.245 e. The molecule has 0 unspecified atom stereocenters. The molecule has 4 nitrogen and oxygen atoms in total. The third-order valence-electron chi connectivity index (χ3n) is 2.73. The number of aromatic nitrogens is 2. The summed E-state index contributed by atoms with van der Waals surface area (Å²) in [4.78, 5) is 5.22. The highest BCUT2D eigenvalue weighted by molar-refractivity contribution is 7.10. The van der Waals surface area contributed by atoms with Gasteiger partial charge in [-0.1, -0.05) is 29.1 Å². The van der Waals surface area contributed by atoms with E-state index >= 15 is 0 Å². The van der Waals surface area contributed by atoms with Crippen molar-refractivity contribution >= 4 is 17.0 Å². The van der Waals surface area contributed by atoms with Gasteiger partial charge in [0, 0.05) is 11.3 Å². The summed E-state index contributed by atoms with van der Waals surface area (Å²) in [5.41, 5.74) is 1.94. The van der Waals surface area contributed by atoms with Crippen molar-refractivity contribution in [2.24, 2.45) is 0 Å². The molecule has 0 atom stereocenters. The highest BCUT2D eigenvalue weighted by atomic mass is 32.1. The van der Waals surface area contributed by atoms with E-state index in [1.165, 1.54) is 0 Å². The molecule has 1 N–H and O–H groups in total. The minimum atomic E-state index is 0.503. The lowest BCUT2D eigenvalue weighted by Gasteiger charge is -2.03. The van der Waals surface area contributed by atoms with Gasteiger partial charge in [-0.2, -0.15) is 4.98 Å². The molecular weight excluding hydrogens is 282 g/mol. The lowest BCUT2D eigenvalue weighted by molar-refractivity contribution is 0.379. The Morgan fingerprint density at radius 2 is 2.19 bits per heavy atom. The molecule has 0 aliphatic rings. The zero-order valence-corrected chi connectivity index (χ0v) is 12.3. The molecule has 0 aliphatic heterocycles. The number of thiophene rings is 1. The van der Waals surface area contributed by atoms with E-state index in [2.05, 4.69) is 27.3 Å². The Kier molecular flexibility index (Phi) is 3.99. The van der Waals surface area contributed by atoms with E-state index in [0.29, 0.717) is 18.3 Å². The van der Waals surface area contributed by atoms with Crippen LogP contribution in [0.15, 0.2) is 46.3 Å². The van der Waals surface area contributed by atoms with Crippen LogP contribution < -0.4 is 5.32 Å². The summed E-state index contributed by atoms with van der Waals surface area (Å²) in [6, 6.07) is 12.0. The fourth-order valence-electron chi connectivity index (χ4n) is 1.78. The summed E-state index contributed by atoms with van der Waals surface area (Å²) in [5, 5.41) is 9.03. The molecule has 2 heterocycles. The number of benzene rings is 1. The number of nitrogens with one attached hydrogen (secondary N) is 1. The predicted octanol–water partition coefficient (Wildman–Crippen LogP) is 3.45. The van der Waals surface area contributed by atoms with Gasteiger partial charge in [-0.15, -0.1) is 11.3 Å². The van der Waals surface area contributed by atoms with Gasteiger partial charge in [0.25, 0.3) is 0 Å². The first-order valence-corrected chi connectivity index (χ1v) is 7.36. The van der Waals surface area contributed by atoms with Crippen LogP contribution in [0.3, 0.4) is 0 Å². The highest BCUT2D eigenvalue weighted by Crippen LogP contribution is 2.12. The van der Waals surface area contributed by atoms with Gasteiger partial charge < -0.3 is 9.84 Å². The van der Waals surface area contributed by atoms with Gasteiger partial charge in [-0.25, -0.2) is 0 Å². The van der Waals surface area contributed by atoms with Gasteiger partial charge in [0.1, 0.15) is 0 Å². The van der Waals surface area contributed by atoms with Crippen LogP contribution in [0.5, 0.6) is 0 Å². The van der Waals surface area contributed by atoms with Crippen molar-refractivity contribution in [2.75, 3.05) is 5.32 Å². The summed E-state index contributed by atoms with van der Waals surface area (Å²) in [5.74, 6) is 7.52. The average molecular weight is 295 g/mol. The molecule has 0 amide bonds. The first kappa shape index (κ1) is 13.4. The predicted molar refractivity (Wildman–Crippen MR) is 83.1 cm³/mol. The van der Waals surface area contributed by atoms with Crippen LogP contribution in [0.25, 0.3) is 0 Å². The molecule has 0 bridgehead atoms. The lowest BCUT2D eigenvalue weighted by atomic mass is 10.2. The molecule has 0 radical (unpaired) electrons. The van der Waals surface area contributed by atoms with Crippen LogP contribution in [-0.2, 0) is 6.54 Å². The largest absolute Gasteiger partial charge is 0.376 e. The third-order valence-corrected chi connectivity index (χ3v) is 3.51. The Morgan fingerprint density at radius 3 is 2.95 bits per heavy atom. The molecular formula is C16H13N3OS. The van der Waals surface area contributed by atoms with E-state index in [1.54, 1.807) is 18.3 Å². The number of hydrogen-bond donors (Lipinski definition) is 1. The molecule has 3 aromatic rings. The topological polar surface area (TPSA) is 51.0 Å². The van der Waals surface area contributed by atoms with Gasteiger partial charge in [-0.05, 0) is 36.6 Å². The summed E-state index contributed by atoms with van der Waals surface area (Å²) >= 11 is 1.64.